The molecule has 3 rings (SSSR count). The van der Waals surface area contributed by atoms with Crippen molar-refractivity contribution in [3.8, 4) is 5.75 Å². The molecule has 0 saturated heterocycles. The van der Waals surface area contributed by atoms with Crippen molar-refractivity contribution in [2.75, 3.05) is 12.8 Å². The Kier molecular flexibility index (Phi) is 5.32. The van der Waals surface area contributed by atoms with E-state index in [4.69, 9.17) is 10.5 Å². The van der Waals surface area contributed by atoms with E-state index < -0.39 is 0 Å². The van der Waals surface area contributed by atoms with E-state index in [-0.39, 0.29) is 0 Å². The minimum absolute atomic E-state index is 0.360. The number of methoxy groups -OCH3 is 1. The Morgan fingerprint density at radius 2 is 2.09 bits per heavy atom. The molecule has 6 heteroatoms. The van der Waals surface area contributed by atoms with Crippen LogP contribution in [-0.4, -0.2) is 21.7 Å². The molecule has 0 spiro atoms. The fourth-order valence-corrected chi connectivity index (χ4v) is 3.22. The average Bonchev–Trinajstić information content (AvgIpc) is 2.83. The quantitative estimate of drug-likeness (QED) is 0.814. The van der Waals surface area contributed by atoms with E-state index in [0.29, 0.717) is 22.8 Å². The molecule has 0 bridgehead atoms. The molecule has 0 radical (unpaired) electrons. The lowest BCUT2D eigenvalue weighted by Gasteiger charge is -2.36. The Labute approximate surface area is 140 Å². The average molecular weight is 369 g/mol. The lowest BCUT2D eigenvalue weighted by molar-refractivity contribution is 0.154. The number of halogens is 1. The first-order valence-corrected chi connectivity index (χ1v) is 8.48. The van der Waals surface area contributed by atoms with E-state index in [0.717, 1.165) is 10.4 Å². The van der Waals surface area contributed by atoms with E-state index in [9.17, 15) is 0 Å². The van der Waals surface area contributed by atoms with Gasteiger partial charge in [0.25, 0.3) is 0 Å². The topological polar surface area (TPSA) is 65.4 Å². The lowest BCUT2D eigenvalue weighted by Crippen LogP contribution is -2.24. The highest BCUT2D eigenvalue weighted by Gasteiger charge is 2.27. The summed E-state index contributed by atoms with van der Waals surface area (Å²) in [7, 11) is 1.59. The number of ether oxygens (including phenoxy) is 1. The van der Waals surface area contributed by atoms with Crippen LogP contribution in [0.4, 0.5) is 5.95 Å². The van der Waals surface area contributed by atoms with Crippen LogP contribution in [0.5, 0.6) is 5.75 Å². The van der Waals surface area contributed by atoms with Crippen LogP contribution in [-0.2, 0) is 0 Å². The van der Waals surface area contributed by atoms with Crippen LogP contribution in [0, 0.1) is 11.3 Å². The van der Waals surface area contributed by atoms with Gasteiger partial charge in [-0.1, -0.05) is 40.0 Å². The number of nitrogen functional groups attached to an aromatic ring is 1. The third-order valence-corrected chi connectivity index (χ3v) is 5.34. The van der Waals surface area contributed by atoms with Crippen molar-refractivity contribution in [3.63, 3.8) is 0 Å². The fraction of sp³-hybridized carbons (Fsp3) is 0.625. The lowest BCUT2D eigenvalue weighted by atomic mass is 9.70. The van der Waals surface area contributed by atoms with Gasteiger partial charge in [-0.2, -0.15) is 0 Å². The van der Waals surface area contributed by atoms with Gasteiger partial charge in [0.1, 0.15) is 5.75 Å². The van der Waals surface area contributed by atoms with Crippen molar-refractivity contribution >= 4 is 27.5 Å². The zero-order valence-electron chi connectivity index (χ0n) is 13.8. The first-order valence-electron chi connectivity index (χ1n) is 7.69. The number of nitrogens with zero attached hydrogens (tertiary/aromatic N) is 3. The molecule has 2 N–H and O–H groups in total. The van der Waals surface area contributed by atoms with Crippen molar-refractivity contribution in [2.45, 2.75) is 46.5 Å². The summed E-state index contributed by atoms with van der Waals surface area (Å²) in [5.41, 5.74) is 6.87. The standard InChI is InChI=1S/C9H18.C7H7BrN4O/c1-8-6-4-5-7-9(8,2)3;1-13-5-2-6-10-11-7(9)12(6)3-4(5)8/h8H,4-7H2,1-3H3;2-3H,1H3,(H2,9,11). The van der Waals surface area contributed by atoms with Crippen LogP contribution in [0.1, 0.15) is 46.5 Å². The van der Waals surface area contributed by atoms with Gasteiger partial charge < -0.3 is 10.5 Å². The zero-order valence-corrected chi connectivity index (χ0v) is 15.4. The summed E-state index contributed by atoms with van der Waals surface area (Å²) in [5, 5.41) is 7.58. The largest absolute Gasteiger partial charge is 0.495 e. The Balaban J connectivity index is 0.000000172. The third-order valence-electron chi connectivity index (χ3n) is 4.75. The van der Waals surface area contributed by atoms with Gasteiger partial charge in [-0.05, 0) is 33.7 Å². The van der Waals surface area contributed by atoms with Gasteiger partial charge in [-0.15, -0.1) is 10.2 Å². The first-order chi connectivity index (χ1) is 10.3. The summed E-state index contributed by atoms with van der Waals surface area (Å²) >= 11 is 3.34. The maximum atomic E-state index is 5.56. The maximum Gasteiger partial charge on any atom is 0.226 e. The highest BCUT2D eigenvalue weighted by atomic mass is 79.9. The SMILES string of the molecule is CC1CCCCC1(C)C.COc1cc2nnc(N)n2cc1Br. The molecule has 0 aromatic carbocycles. The highest BCUT2D eigenvalue weighted by Crippen LogP contribution is 2.39. The van der Waals surface area contributed by atoms with Crippen LogP contribution >= 0.6 is 15.9 Å². The van der Waals surface area contributed by atoms with Crippen molar-refractivity contribution in [1.82, 2.24) is 14.6 Å². The number of hydrogen-bond donors (Lipinski definition) is 1. The second kappa shape index (κ2) is 6.86. The van der Waals surface area contributed by atoms with Crippen molar-refractivity contribution in [3.05, 3.63) is 16.7 Å². The molecule has 1 atom stereocenters. The van der Waals surface area contributed by atoms with Gasteiger partial charge >= 0.3 is 0 Å². The summed E-state index contributed by atoms with van der Waals surface area (Å²) < 4.78 is 7.58. The Morgan fingerprint density at radius 3 is 2.64 bits per heavy atom. The number of anilines is 1. The van der Waals surface area contributed by atoms with Gasteiger partial charge in [0.05, 0.1) is 11.6 Å². The zero-order chi connectivity index (χ0) is 16.3. The number of rotatable bonds is 1. The molecule has 0 amide bonds. The minimum atomic E-state index is 0.360. The van der Waals surface area contributed by atoms with Crippen molar-refractivity contribution in [2.24, 2.45) is 11.3 Å². The molecule has 122 valence electrons. The molecular weight excluding hydrogens is 344 g/mol. The molecule has 5 nitrogen and oxygen atoms in total. The Morgan fingerprint density at radius 1 is 1.36 bits per heavy atom. The Hall–Kier alpha value is -1.30. The summed E-state index contributed by atoms with van der Waals surface area (Å²) in [6, 6.07) is 1.76. The molecule has 0 aliphatic heterocycles. The van der Waals surface area contributed by atoms with E-state index in [1.807, 2.05) is 0 Å². The van der Waals surface area contributed by atoms with Gasteiger partial charge in [-0.3, -0.25) is 4.40 Å². The van der Waals surface area contributed by atoms with Crippen LogP contribution in [0.2, 0.25) is 0 Å². The molecule has 2 aromatic rings. The molecule has 1 aliphatic carbocycles. The van der Waals surface area contributed by atoms with Crippen LogP contribution in [0.25, 0.3) is 5.65 Å². The predicted molar refractivity (Wildman–Crippen MR) is 93.1 cm³/mol. The third kappa shape index (κ3) is 3.72. The molecule has 2 heterocycles. The van der Waals surface area contributed by atoms with Crippen LogP contribution in [0.15, 0.2) is 16.7 Å². The summed E-state index contributed by atoms with van der Waals surface area (Å²) in [6.07, 6.45) is 7.58. The van der Waals surface area contributed by atoms with Crippen molar-refractivity contribution in [1.29, 1.82) is 0 Å². The van der Waals surface area contributed by atoms with E-state index in [1.54, 1.807) is 23.8 Å². The van der Waals surface area contributed by atoms with Crippen LogP contribution < -0.4 is 10.5 Å². The Bertz CT molecular complexity index is 638. The number of hydrogen-bond acceptors (Lipinski definition) is 4. The maximum absolute atomic E-state index is 5.56. The van der Waals surface area contributed by atoms with Gasteiger partial charge in [0.15, 0.2) is 5.65 Å². The van der Waals surface area contributed by atoms with Crippen molar-refractivity contribution < 1.29 is 4.74 Å². The molecule has 1 aliphatic rings. The van der Waals surface area contributed by atoms with Gasteiger partial charge in [-0.25, -0.2) is 0 Å². The molecule has 2 aromatic heterocycles. The number of aromatic nitrogens is 3. The van der Waals surface area contributed by atoms with Gasteiger partial charge in [0.2, 0.25) is 5.95 Å². The van der Waals surface area contributed by atoms with E-state index >= 15 is 0 Å². The summed E-state index contributed by atoms with van der Waals surface area (Å²) in [6.45, 7) is 7.19. The molecule has 1 saturated carbocycles. The fourth-order valence-electron chi connectivity index (χ4n) is 2.73. The molecule has 1 fully saturated rings. The van der Waals surface area contributed by atoms with E-state index in [2.05, 4.69) is 46.9 Å². The second-order valence-corrected chi connectivity index (χ2v) is 7.47. The number of pyridine rings is 1. The minimum Gasteiger partial charge on any atom is -0.495 e. The molecular formula is C16H25BrN4O. The number of nitrogens with two attached hydrogens (primary N) is 1. The smallest absolute Gasteiger partial charge is 0.226 e. The summed E-state index contributed by atoms with van der Waals surface area (Å²) in [4.78, 5) is 0. The molecule has 1 unspecified atom stereocenters. The summed E-state index contributed by atoms with van der Waals surface area (Å²) in [5.74, 6) is 2.02. The number of fused-ring (bicyclic) bond motifs is 1. The van der Waals surface area contributed by atoms with Gasteiger partial charge in [0, 0.05) is 12.3 Å². The highest BCUT2D eigenvalue weighted by molar-refractivity contribution is 9.10. The molecule has 22 heavy (non-hydrogen) atoms. The van der Waals surface area contributed by atoms with E-state index in [1.165, 1.54) is 25.7 Å². The second-order valence-electron chi connectivity index (χ2n) is 6.61. The normalized spacial score (nSPS) is 20.3. The first kappa shape index (κ1) is 17.1. The monoisotopic (exact) mass is 368 g/mol. The van der Waals surface area contributed by atoms with Crippen LogP contribution in [0.3, 0.4) is 0 Å². The predicted octanol–water partition coefficient (Wildman–Crippen LogP) is 4.31.